The topological polar surface area (TPSA) is 86.1 Å². The quantitative estimate of drug-likeness (QED) is 0.590. The highest BCUT2D eigenvalue weighted by Gasteiger charge is 2.24. The number of hydrogen-bond donors (Lipinski definition) is 1. The van der Waals surface area contributed by atoms with Crippen LogP contribution in [0.4, 0.5) is 0 Å². The fraction of sp³-hybridized carbons (Fsp3) is 0.364. The van der Waals surface area contributed by atoms with Gasteiger partial charge in [-0.3, -0.25) is 9.67 Å². The molecule has 30 heavy (non-hydrogen) atoms. The standard InChI is InChI=1S/C22H26N4O3S/c1-2-29-21-12-5-6-13-22(21)30(27,28)24-16-17-15-20(19-11-7-8-14-23-19)26(25-17)18-9-3-4-10-18/h5-8,11-15,18,24H,2-4,9-10,16H2,1H3. The number of ether oxygens (including phenoxy) is 1. The Morgan fingerprint density at radius 2 is 1.90 bits per heavy atom. The molecule has 7 nitrogen and oxygen atoms in total. The Balaban J connectivity index is 1.59. The molecular weight excluding hydrogens is 400 g/mol. The lowest BCUT2D eigenvalue weighted by Crippen LogP contribution is -2.24. The summed E-state index contributed by atoms with van der Waals surface area (Å²) in [7, 11) is -3.74. The number of para-hydroxylation sites is 1. The van der Waals surface area contributed by atoms with Crippen molar-refractivity contribution >= 4 is 10.0 Å². The third-order valence-electron chi connectivity index (χ3n) is 5.27. The highest BCUT2D eigenvalue weighted by Crippen LogP contribution is 2.33. The lowest BCUT2D eigenvalue weighted by atomic mass is 10.2. The predicted molar refractivity (Wildman–Crippen MR) is 115 cm³/mol. The van der Waals surface area contributed by atoms with Crippen LogP contribution < -0.4 is 9.46 Å². The first-order chi connectivity index (χ1) is 14.6. The number of hydrogen-bond acceptors (Lipinski definition) is 5. The zero-order valence-electron chi connectivity index (χ0n) is 17.0. The van der Waals surface area contributed by atoms with E-state index in [2.05, 4.69) is 9.71 Å². The maximum Gasteiger partial charge on any atom is 0.244 e. The number of rotatable bonds is 8. The molecule has 2 aromatic heterocycles. The molecule has 3 aromatic rings. The SMILES string of the molecule is CCOc1ccccc1S(=O)(=O)NCc1cc(-c2ccccn2)n(C2CCCC2)n1. The molecule has 1 aromatic carbocycles. The van der Waals surface area contributed by atoms with Crippen molar-refractivity contribution in [1.29, 1.82) is 0 Å². The van der Waals surface area contributed by atoms with E-state index in [1.54, 1.807) is 30.5 Å². The molecule has 1 aliphatic rings. The molecule has 0 radical (unpaired) electrons. The highest BCUT2D eigenvalue weighted by molar-refractivity contribution is 7.89. The third-order valence-corrected chi connectivity index (χ3v) is 6.71. The van der Waals surface area contributed by atoms with E-state index >= 15 is 0 Å². The van der Waals surface area contributed by atoms with Crippen LogP contribution in [0.2, 0.25) is 0 Å². The van der Waals surface area contributed by atoms with Gasteiger partial charge in [0.25, 0.3) is 0 Å². The lowest BCUT2D eigenvalue weighted by molar-refractivity contribution is 0.331. The van der Waals surface area contributed by atoms with Crippen LogP contribution in [0.3, 0.4) is 0 Å². The monoisotopic (exact) mass is 426 g/mol. The van der Waals surface area contributed by atoms with Crippen molar-refractivity contribution in [2.24, 2.45) is 0 Å². The minimum atomic E-state index is -3.74. The number of nitrogens with one attached hydrogen (secondary N) is 1. The molecule has 1 fully saturated rings. The first kappa shape index (κ1) is 20.6. The van der Waals surface area contributed by atoms with Gasteiger partial charge in [0.1, 0.15) is 10.6 Å². The Bertz CT molecular complexity index is 1090. The van der Waals surface area contributed by atoms with Crippen LogP contribution in [0.5, 0.6) is 5.75 Å². The molecule has 1 saturated carbocycles. The number of pyridine rings is 1. The largest absolute Gasteiger partial charge is 0.492 e. The Labute approximate surface area is 177 Å². The van der Waals surface area contributed by atoms with Crippen molar-refractivity contribution < 1.29 is 13.2 Å². The summed E-state index contributed by atoms with van der Waals surface area (Å²) in [6.07, 6.45) is 6.28. The van der Waals surface area contributed by atoms with Gasteiger partial charge in [-0.05, 0) is 50.1 Å². The van der Waals surface area contributed by atoms with E-state index in [9.17, 15) is 8.42 Å². The van der Waals surface area contributed by atoms with Crippen LogP contribution in [-0.2, 0) is 16.6 Å². The summed E-state index contributed by atoms with van der Waals surface area (Å²) < 4.78 is 35.9. The second-order valence-electron chi connectivity index (χ2n) is 7.32. The first-order valence-corrected chi connectivity index (χ1v) is 11.8. The molecule has 0 atom stereocenters. The van der Waals surface area contributed by atoms with Crippen molar-refractivity contribution in [2.45, 2.75) is 50.1 Å². The third kappa shape index (κ3) is 4.39. The second-order valence-corrected chi connectivity index (χ2v) is 9.06. The maximum atomic E-state index is 12.9. The zero-order valence-corrected chi connectivity index (χ0v) is 17.8. The van der Waals surface area contributed by atoms with E-state index < -0.39 is 10.0 Å². The second kappa shape index (κ2) is 8.97. The van der Waals surface area contributed by atoms with Crippen LogP contribution in [0.1, 0.15) is 44.3 Å². The number of aromatic nitrogens is 3. The molecule has 1 aliphatic carbocycles. The van der Waals surface area contributed by atoms with E-state index in [-0.39, 0.29) is 11.4 Å². The van der Waals surface area contributed by atoms with Crippen LogP contribution in [-0.4, -0.2) is 29.8 Å². The molecular formula is C22H26N4O3S. The smallest absolute Gasteiger partial charge is 0.244 e. The molecule has 4 rings (SSSR count). The van der Waals surface area contributed by atoms with Gasteiger partial charge in [-0.2, -0.15) is 5.10 Å². The van der Waals surface area contributed by atoms with E-state index in [1.165, 1.54) is 12.8 Å². The molecule has 0 spiro atoms. The van der Waals surface area contributed by atoms with Crippen molar-refractivity contribution in [1.82, 2.24) is 19.5 Å². The van der Waals surface area contributed by atoms with E-state index in [0.29, 0.717) is 24.1 Å². The molecule has 0 bridgehead atoms. The van der Waals surface area contributed by atoms with Crippen molar-refractivity contribution in [3.63, 3.8) is 0 Å². The first-order valence-electron chi connectivity index (χ1n) is 10.3. The van der Waals surface area contributed by atoms with Gasteiger partial charge in [0.2, 0.25) is 10.0 Å². The molecule has 0 unspecified atom stereocenters. The van der Waals surface area contributed by atoms with E-state index in [0.717, 1.165) is 24.2 Å². The molecule has 0 amide bonds. The summed E-state index contributed by atoms with van der Waals surface area (Å²) >= 11 is 0. The van der Waals surface area contributed by atoms with Crippen LogP contribution >= 0.6 is 0 Å². The Hall–Kier alpha value is -2.71. The van der Waals surface area contributed by atoms with Gasteiger partial charge in [0, 0.05) is 6.20 Å². The molecule has 0 aliphatic heterocycles. The summed E-state index contributed by atoms with van der Waals surface area (Å²) in [5.41, 5.74) is 2.43. The summed E-state index contributed by atoms with van der Waals surface area (Å²) in [6.45, 7) is 2.32. The van der Waals surface area contributed by atoms with Crippen molar-refractivity contribution in [3.05, 3.63) is 60.4 Å². The fourth-order valence-corrected chi connectivity index (χ4v) is 5.00. The van der Waals surface area contributed by atoms with Gasteiger partial charge in [-0.25, -0.2) is 13.1 Å². The van der Waals surface area contributed by atoms with Gasteiger partial charge >= 0.3 is 0 Å². The summed E-state index contributed by atoms with van der Waals surface area (Å²) in [5.74, 6) is 0.346. The highest BCUT2D eigenvalue weighted by atomic mass is 32.2. The predicted octanol–water partition coefficient (Wildman–Crippen LogP) is 3.94. The van der Waals surface area contributed by atoms with Gasteiger partial charge in [0.05, 0.1) is 36.3 Å². The summed E-state index contributed by atoms with van der Waals surface area (Å²) in [6, 6.07) is 14.7. The number of benzene rings is 1. The van der Waals surface area contributed by atoms with Gasteiger partial charge in [-0.15, -0.1) is 0 Å². The normalized spacial score (nSPS) is 14.8. The maximum absolute atomic E-state index is 12.9. The number of nitrogens with zero attached hydrogens (tertiary/aromatic N) is 3. The molecule has 0 saturated heterocycles. The van der Waals surface area contributed by atoms with E-state index in [4.69, 9.17) is 9.84 Å². The van der Waals surface area contributed by atoms with Crippen molar-refractivity contribution in [3.8, 4) is 17.1 Å². The minimum absolute atomic E-state index is 0.0995. The van der Waals surface area contributed by atoms with Crippen LogP contribution in [0.15, 0.2) is 59.6 Å². The van der Waals surface area contributed by atoms with Gasteiger partial charge < -0.3 is 4.74 Å². The average molecular weight is 427 g/mol. The van der Waals surface area contributed by atoms with Gasteiger partial charge in [-0.1, -0.05) is 31.0 Å². The Morgan fingerprint density at radius 1 is 1.13 bits per heavy atom. The molecule has 158 valence electrons. The molecule has 8 heteroatoms. The molecule has 1 N–H and O–H groups in total. The zero-order chi connectivity index (χ0) is 21.0. The number of sulfonamides is 1. The van der Waals surface area contributed by atoms with E-state index in [1.807, 2.05) is 35.9 Å². The fourth-order valence-electron chi connectivity index (χ4n) is 3.86. The Kier molecular flexibility index (Phi) is 6.15. The van der Waals surface area contributed by atoms with Crippen LogP contribution in [0, 0.1) is 0 Å². The average Bonchev–Trinajstić information content (AvgIpc) is 3.43. The molecule has 2 heterocycles. The van der Waals surface area contributed by atoms with Crippen molar-refractivity contribution in [2.75, 3.05) is 6.61 Å². The van der Waals surface area contributed by atoms with Gasteiger partial charge in [0.15, 0.2) is 0 Å². The minimum Gasteiger partial charge on any atom is -0.492 e. The Morgan fingerprint density at radius 3 is 2.63 bits per heavy atom. The lowest BCUT2D eigenvalue weighted by Gasteiger charge is -2.13. The van der Waals surface area contributed by atoms with Crippen LogP contribution in [0.25, 0.3) is 11.4 Å². The summed E-state index contributed by atoms with van der Waals surface area (Å²) in [4.78, 5) is 4.60. The summed E-state index contributed by atoms with van der Waals surface area (Å²) in [5, 5.41) is 4.74.